The van der Waals surface area contributed by atoms with Crippen LogP contribution in [0.5, 0.6) is 0 Å². The number of nitrogens with zero attached hydrogens (tertiary/aromatic N) is 2. The molecule has 1 unspecified atom stereocenters. The van der Waals surface area contributed by atoms with Crippen molar-refractivity contribution in [3.05, 3.63) is 29.6 Å². The third kappa shape index (κ3) is 5.15. The van der Waals surface area contributed by atoms with Crippen molar-refractivity contribution in [3.8, 4) is 0 Å². The molecule has 1 N–H and O–H groups in total. The van der Waals surface area contributed by atoms with Crippen LogP contribution in [-0.2, 0) is 13.1 Å². The van der Waals surface area contributed by atoms with E-state index in [9.17, 15) is 0 Å². The van der Waals surface area contributed by atoms with Crippen LogP contribution in [0.25, 0.3) is 0 Å². The predicted molar refractivity (Wildman–Crippen MR) is 77.4 cm³/mol. The molecule has 0 amide bonds. The zero-order valence-corrected chi connectivity index (χ0v) is 12.2. The van der Waals surface area contributed by atoms with E-state index in [1.807, 2.05) is 12.3 Å². The maximum absolute atomic E-state index is 4.52. The molecule has 0 aliphatic rings. The lowest BCUT2D eigenvalue weighted by Crippen LogP contribution is -2.25. The van der Waals surface area contributed by atoms with E-state index in [-0.39, 0.29) is 0 Å². The summed E-state index contributed by atoms with van der Waals surface area (Å²) in [6.07, 6.45) is 3.12. The second kappa shape index (κ2) is 8.22. The molecule has 0 aromatic carbocycles. The summed E-state index contributed by atoms with van der Waals surface area (Å²) >= 11 is 0. The van der Waals surface area contributed by atoms with Crippen LogP contribution in [0.3, 0.4) is 0 Å². The SMILES string of the molecule is CCNCc1cccnc1CN(C)CC(C)CC. The first-order chi connectivity index (χ1) is 8.67. The van der Waals surface area contributed by atoms with Crippen molar-refractivity contribution in [1.29, 1.82) is 0 Å². The molecule has 3 nitrogen and oxygen atoms in total. The first-order valence-electron chi connectivity index (χ1n) is 6.99. The summed E-state index contributed by atoms with van der Waals surface area (Å²) in [6.45, 7) is 10.7. The van der Waals surface area contributed by atoms with E-state index < -0.39 is 0 Å². The molecule has 0 aliphatic heterocycles. The van der Waals surface area contributed by atoms with Gasteiger partial charge < -0.3 is 10.2 Å². The number of aromatic nitrogens is 1. The van der Waals surface area contributed by atoms with E-state index in [0.717, 1.165) is 32.1 Å². The zero-order chi connectivity index (χ0) is 13.4. The fourth-order valence-corrected chi connectivity index (χ4v) is 2.02. The van der Waals surface area contributed by atoms with Crippen LogP contribution in [0.15, 0.2) is 18.3 Å². The monoisotopic (exact) mass is 249 g/mol. The summed E-state index contributed by atoms with van der Waals surface area (Å²) in [7, 11) is 2.18. The minimum absolute atomic E-state index is 0.746. The standard InChI is InChI=1S/C15H27N3/c1-5-13(3)11-18(4)12-15-14(10-16-6-2)8-7-9-17-15/h7-9,13,16H,5-6,10-12H2,1-4H3. The largest absolute Gasteiger partial charge is 0.313 e. The molecule has 0 spiro atoms. The Morgan fingerprint density at radius 2 is 2.17 bits per heavy atom. The van der Waals surface area contributed by atoms with Gasteiger partial charge in [-0.1, -0.05) is 33.3 Å². The first kappa shape index (κ1) is 15.1. The first-order valence-corrected chi connectivity index (χ1v) is 6.99. The Balaban J connectivity index is 2.59. The Bertz CT molecular complexity index is 338. The summed E-state index contributed by atoms with van der Waals surface area (Å²) in [5.41, 5.74) is 2.51. The van der Waals surface area contributed by atoms with Crippen molar-refractivity contribution in [2.75, 3.05) is 20.1 Å². The normalized spacial score (nSPS) is 12.9. The van der Waals surface area contributed by atoms with Crippen molar-refractivity contribution in [3.63, 3.8) is 0 Å². The molecule has 0 fully saturated rings. The number of hydrogen-bond donors (Lipinski definition) is 1. The molecular weight excluding hydrogens is 222 g/mol. The summed E-state index contributed by atoms with van der Waals surface area (Å²) in [5.74, 6) is 0.746. The number of rotatable bonds is 8. The van der Waals surface area contributed by atoms with Gasteiger partial charge in [0.2, 0.25) is 0 Å². The van der Waals surface area contributed by atoms with Crippen LogP contribution in [0.4, 0.5) is 0 Å². The summed E-state index contributed by atoms with van der Waals surface area (Å²) < 4.78 is 0. The van der Waals surface area contributed by atoms with Crippen LogP contribution in [0, 0.1) is 5.92 Å². The maximum atomic E-state index is 4.52. The van der Waals surface area contributed by atoms with Gasteiger partial charge in [0.1, 0.15) is 0 Å². The molecule has 0 saturated carbocycles. The van der Waals surface area contributed by atoms with Crippen LogP contribution >= 0.6 is 0 Å². The molecule has 0 saturated heterocycles. The fraction of sp³-hybridized carbons (Fsp3) is 0.667. The highest BCUT2D eigenvalue weighted by Gasteiger charge is 2.08. The van der Waals surface area contributed by atoms with Gasteiger partial charge in [0.25, 0.3) is 0 Å². The molecule has 18 heavy (non-hydrogen) atoms. The van der Waals surface area contributed by atoms with Gasteiger partial charge in [0.15, 0.2) is 0 Å². The van der Waals surface area contributed by atoms with Crippen LogP contribution in [-0.4, -0.2) is 30.0 Å². The molecule has 102 valence electrons. The lowest BCUT2D eigenvalue weighted by molar-refractivity contribution is 0.271. The van der Waals surface area contributed by atoms with Gasteiger partial charge in [-0.3, -0.25) is 4.98 Å². The molecule has 1 aromatic heterocycles. The molecule has 0 aliphatic carbocycles. The van der Waals surface area contributed by atoms with Gasteiger partial charge in [-0.2, -0.15) is 0 Å². The van der Waals surface area contributed by atoms with E-state index in [1.165, 1.54) is 17.7 Å². The van der Waals surface area contributed by atoms with E-state index in [4.69, 9.17) is 0 Å². The topological polar surface area (TPSA) is 28.2 Å². The second-order valence-corrected chi connectivity index (χ2v) is 5.10. The van der Waals surface area contributed by atoms with Crippen LogP contribution in [0.2, 0.25) is 0 Å². The average Bonchev–Trinajstić information content (AvgIpc) is 2.37. The molecule has 1 rings (SSSR count). The Labute approximate surface area is 112 Å². The van der Waals surface area contributed by atoms with Gasteiger partial charge in [-0.15, -0.1) is 0 Å². The van der Waals surface area contributed by atoms with Crippen molar-refractivity contribution < 1.29 is 0 Å². The Hall–Kier alpha value is -0.930. The minimum atomic E-state index is 0.746. The third-order valence-electron chi connectivity index (χ3n) is 3.29. The van der Waals surface area contributed by atoms with E-state index in [0.29, 0.717) is 0 Å². The maximum Gasteiger partial charge on any atom is 0.0588 e. The second-order valence-electron chi connectivity index (χ2n) is 5.10. The van der Waals surface area contributed by atoms with E-state index >= 15 is 0 Å². The Morgan fingerprint density at radius 3 is 2.83 bits per heavy atom. The number of nitrogens with one attached hydrogen (secondary N) is 1. The summed E-state index contributed by atoms with van der Waals surface area (Å²) in [4.78, 5) is 6.89. The van der Waals surface area contributed by atoms with Crippen molar-refractivity contribution >= 4 is 0 Å². The highest BCUT2D eigenvalue weighted by Crippen LogP contribution is 2.10. The molecule has 3 heteroatoms. The molecule has 1 atom stereocenters. The lowest BCUT2D eigenvalue weighted by Gasteiger charge is -2.21. The number of pyridine rings is 1. The highest BCUT2D eigenvalue weighted by atomic mass is 15.1. The van der Waals surface area contributed by atoms with Gasteiger partial charge in [0, 0.05) is 25.8 Å². The van der Waals surface area contributed by atoms with Gasteiger partial charge in [0.05, 0.1) is 5.69 Å². The average molecular weight is 249 g/mol. The quantitative estimate of drug-likeness (QED) is 0.768. The summed E-state index contributed by atoms with van der Waals surface area (Å²) in [6, 6.07) is 4.19. The summed E-state index contributed by atoms with van der Waals surface area (Å²) in [5, 5.41) is 3.37. The Morgan fingerprint density at radius 1 is 1.39 bits per heavy atom. The molecule has 0 bridgehead atoms. The van der Waals surface area contributed by atoms with Crippen molar-refractivity contribution in [2.24, 2.45) is 5.92 Å². The predicted octanol–water partition coefficient (Wildman–Crippen LogP) is 2.67. The molecule has 1 heterocycles. The van der Waals surface area contributed by atoms with Gasteiger partial charge in [-0.05, 0) is 31.1 Å². The van der Waals surface area contributed by atoms with Gasteiger partial charge in [-0.25, -0.2) is 0 Å². The van der Waals surface area contributed by atoms with Crippen LogP contribution < -0.4 is 5.32 Å². The number of hydrogen-bond acceptors (Lipinski definition) is 3. The molecule has 1 aromatic rings. The lowest BCUT2D eigenvalue weighted by atomic mass is 10.1. The smallest absolute Gasteiger partial charge is 0.0588 e. The third-order valence-corrected chi connectivity index (χ3v) is 3.29. The minimum Gasteiger partial charge on any atom is -0.313 e. The van der Waals surface area contributed by atoms with E-state index in [1.54, 1.807) is 0 Å². The van der Waals surface area contributed by atoms with Gasteiger partial charge >= 0.3 is 0 Å². The Kier molecular flexibility index (Phi) is 6.91. The zero-order valence-electron chi connectivity index (χ0n) is 12.2. The van der Waals surface area contributed by atoms with Crippen LogP contribution in [0.1, 0.15) is 38.4 Å². The van der Waals surface area contributed by atoms with Crippen molar-refractivity contribution in [1.82, 2.24) is 15.2 Å². The molecule has 0 radical (unpaired) electrons. The van der Waals surface area contributed by atoms with E-state index in [2.05, 4.69) is 49.1 Å². The van der Waals surface area contributed by atoms with Crippen molar-refractivity contribution in [2.45, 2.75) is 40.3 Å². The molecular formula is C15H27N3. The highest BCUT2D eigenvalue weighted by molar-refractivity contribution is 5.19. The fourth-order valence-electron chi connectivity index (χ4n) is 2.02.